The molecule has 170 valence electrons. The van der Waals surface area contributed by atoms with Crippen LogP contribution in [-0.4, -0.2) is 36.7 Å². The fraction of sp³-hybridized carbons (Fsp3) is 0.208. The number of aromatic nitrogens is 3. The van der Waals surface area contributed by atoms with Gasteiger partial charge in [0.25, 0.3) is 0 Å². The highest BCUT2D eigenvalue weighted by molar-refractivity contribution is 7.85. The van der Waals surface area contributed by atoms with Crippen molar-refractivity contribution in [1.29, 1.82) is 0 Å². The van der Waals surface area contributed by atoms with E-state index in [0.29, 0.717) is 17.0 Å². The molecule has 2 aromatic heterocycles. The van der Waals surface area contributed by atoms with Crippen LogP contribution in [0.3, 0.4) is 0 Å². The van der Waals surface area contributed by atoms with Crippen LogP contribution in [0.1, 0.15) is 19.4 Å². The Labute approximate surface area is 194 Å². The summed E-state index contributed by atoms with van der Waals surface area (Å²) in [4.78, 5) is 9.53. The molecule has 2 aromatic carbocycles. The average molecular weight is 464 g/mol. The van der Waals surface area contributed by atoms with Crippen LogP contribution in [0.4, 0.5) is 5.82 Å². The lowest BCUT2D eigenvalue weighted by Crippen LogP contribution is -2.05. The van der Waals surface area contributed by atoms with Crippen molar-refractivity contribution in [3.05, 3.63) is 60.3 Å². The molecule has 0 radical (unpaired) electrons. The highest BCUT2D eigenvalue weighted by Gasteiger charge is 2.23. The second-order valence-corrected chi connectivity index (χ2v) is 9.80. The number of nitrogens with zero attached hydrogens (tertiary/aromatic N) is 3. The summed E-state index contributed by atoms with van der Waals surface area (Å²) < 4.78 is 17.7. The molecule has 9 heteroatoms. The predicted octanol–water partition coefficient (Wildman–Crippen LogP) is 3.99. The Bertz CT molecular complexity index is 1280. The first-order chi connectivity index (χ1) is 15.9. The zero-order chi connectivity index (χ0) is 23.5. The summed E-state index contributed by atoms with van der Waals surface area (Å²) in [6, 6.07) is 14.9. The molecule has 1 unspecified atom stereocenters. The summed E-state index contributed by atoms with van der Waals surface area (Å²) in [5.74, 6) is 0.00419. The third-order valence-corrected chi connectivity index (χ3v) is 6.70. The van der Waals surface area contributed by atoms with Crippen LogP contribution in [-0.2, 0) is 17.3 Å². The van der Waals surface area contributed by atoms with Gasteiger partial charge in [0.2, 0.25) is 5.76 Å². The lowest BCUT2D eigenvalue weighted by atomic mass is 10.1. The van der Waals surface area contributed by atoms with Gasteiger partial charge in [-0.2, -0.15) is 0 Å². The van der Waals surface area contributed by atoms with Crippen LogP contribution in [0.5, 0.6) is 5.75 Å². The number of aromatic hydroxyl groups is 1. The Balaban J connectivity index is 1.67. The van der Waals surface area contributed by atoms with Crippen LogP contribution in [0.2, 0.25) is 0 Å². The maximum atomic E-state index is 12.3. The quantitative estimate of drug-likeness (QED) is 0.375. The van der Waals surface area contributed by atoms with Gasteiger partial charge in [0.1, 0.15) is 0 Å². The van der Waals surface area contributed by atoms with Crippen LogP contribution < -0.4 is 11.1 Å². The topological polar surface area (TPSA) is 127 Å². The van der Waals surface area contributed by atoms with Gasteiger partial charge in [0.05, 0.1) is 22.7 Å². The number of hydrogen-bond donors (Lipinski definition) is 3. The maximum Gasteiger partial charge on any atom is 0.231 e. The van der Waals surface area contributed by atoms with E-state index in [1.54, 1.807) is 6.20 Å². The minimum Gasteiger partial charge on any atom is -0.503 e. The SMILES string of the molecule is CNCc1ccc(-c2noc(-c3nc(-c4ccc(S(=O)C(C)C)cc4)cnc3N)c2O)cc1. The van der Waals surface area contributed by atoms with Gasteiger partial charge in [-0.3, -0.25) is 4.21 Å². The second kappa shape index (κ2) is 9.51. The standard InChI is InChI=1S/C24H25N5O3S/c1-14(2)33(31)18-10-8-16(9-11-18)19-13-27-24(25)21(28-19)23-22(30)20(29-32-23)17-6-4-15(5-7-17)12-26-3/h4-11,13-14,26,30H,12H2,1-3H3,(H2,25,27). The minimum atomic E-state index is -1.07. The minimum absolute atomic E-state index is 0.0295. The number of benzene rings is 2. The van der Waals surface area contributed by atoms with Crippen molar-refractivity contribution in [1.82, 2.24) is 20.4 Å². The molecular formula is C24H25N5O3S. The lowest BCUT2D eigenvalue weighted by Gasteiger charge is -2.08. The summed E-state index contributed by atoms with van der Waals surface area (Å²) in [6.07, 6.45) is 1.54. The summed E-state index contributed by atoms with van der Waals surface area (Å²) in [6.45, 7) is 4.57. The smallest absolute Gasteiger partial charge is 0.231 e. The maximum absolute atomic E-state index is 12.3. The summed E-state index contributed by atoms with van der Waals surface area (Å²) >= 11 is 0. The summed E-state index contributed by atoms with van der Waals surface area (Å²) in [5.41, 5.74) is 9.67. The van der Waals surface area contributed by atoms with Gasteiger partial charge in [-0.1, -0.05) is 55.4 Å². The van der Waals surface area contributed by atoms with Crippen molar-refractivity contribution >= 4 is 16.6 Å². The Morgan fingerprint density at radius 2 is 1.73 bits per heavy atom. The number of hydrogen-bond acceptors (Lipinski definition) is 8. The molecule has 8 nitrogen and oxygen atoms in total. The fourth-order valence-corrected chi connectivity index (χ4v) is 4.30. The Hall–Kier alpha value is -3.56. The number of nitrogens with two attached hydrogens (primary N) is 1. The van der Waals surface area contributed by atoms with Crippen LogP contribution in [0, 0.1) is 0 Å². The fourth-order valence-electron chi connectivity index (χ4n) is 3.35. The van der Waals surface area contributed by atoms with Crippen molar-refractivity contribution in [2.45, 2.75) is 30.5 Å². The molecule has 0 saturated heterocycles. The Kier molecular flexibility index (Phi) is 6.52. The zero-order valence-corrected chi connectivity index (χ0v) is 19.4. The van der Waals surface area contributed by atoms with Crippen LogP contribution in [0.25, 0.3) is 34.0 Å². The molecular weight excluding hydrogens is 438 g/mol. The van der Waals surface area contributed by atoms with E-state index in [0.717, 1.165) is 22.6 Å². The highest BCUT2D eigenvalue weighted by Crippen LogP contribution is 2.39. The van der Waals surface area contributed by atoms with E-state index in [1.165, 1.54) is 0 Å². The van der Waals surface area contributed by atoms with Crippen molar-refractivity contribution in [3.63, 3.8) is 0 Å². The molecule has 0 fully saturated rings. The van der Waals surface area contributed by atoms with E-state index >= 15 is 0 Å². The monoisotopic (exact) mass is 463 g/mol. The van der Waals surface area contributed by atoms with Gasteiger partial charge < -0.3 is 20.7 Å². The second-order valence-electron chi connectivity index (χ2n) is 7.80. The Morgan fingerprint density at radius 1 is 1.06 bits per heavy atom. The Morgan fingerprint density at radius 3 is 2.36 bits per heavy atom. The molecule has 0 saturated carbocycles. The van der Waals surface area contributed by atoms with Gasteiger partial charge in [-0.15, -0.1) is 0 Å². The molecule has 0 spiro atoms. The van der Waals surface area contributed by atoms with E-state index in [9.17, 15) is 9.32 Å². The third-order valence-electron chi connectivity index (χ3n) is 5.10. The van der Waals surface area contributed by atoms with Gasteiger partial charge in [-0.05, 0) is 24.7 Å². The van der Waals surface area contributed by atoms with E-state index in [4.69, 9.17) is 10.3 Å². The molecule has 0 amide bonds. The van der Waals surface area contributed by atoms with Gasteiger partial charge in [0, 0.05) is 27.8 Å². The van der Waals surface area contributed by atoms with E-state index in [2.05, 4.69) is 20.4 Å². The van der Waals surface area contributed by atoms with Crippen molar-refractivity contribution < 1.29 is 13.8 Å². The zero-order valence-electron chi connectivity index (χ0n) is 18.6. The van der Waals surface area contributed by atoms with Crippen molar-refractivity contribution in [2.75, 3.05) is 12.8 Å². The van der Waals surface area contributed by atoms with Gasteiger partial charge >= 0.3 is 0 Å². The van der Waals surface area contributed by atoms with Crippen LogP contribution in [0.15, 0.2) is 64.1 Å². The summed E-state index contributed by atoms with van der Waals surface area (Å²) in [7, 11) is 0.804. The molecule has 4 rings (SSSR count). The lowest BCUT2D eigenvalue weighted by molar-refractivity contribution is 0.421. The normalized spacial score (nSPS) is 12.2. The highest BCUT2D eigenvalue weighted by atomic mass is 32.2. The van der Waals surface area contributed by atoms with Crippen LogP contribution >= 0.6 is 0 Å². The molecule has 33 heavy (non-hydrogen) atoms. The van der Waals surface area contributed by atoms with E-state index in [1.807, 2.05) is 69.4 Å². The molecule has 1 atom stereocenters. The van der Waals surface area contributed by atoms with Crippen molar-refractivity contribution in [3.8, 4) is 39.7 Å². The molecule has 0 bridgehead atoms. The van der Waals surface area contributed by atoms with E-state index in [-0.39, 0.29) is 28.3 Å². The average Bonchev–Trinajstić information content (AvgIpc) is 3.20. The number of nitrogens with one attached hydrogen (secondary N) is 1. The molecule has 0 aliphatic heterocycles. The third kappa shape index (κ3) is 4.64. The number of nitrogen functional groups attached to an aromatic ring is 1. The number of rotatable bonds is 7. The summed E-state index contributed by atoms with van der Waals surface area (Å²) in [5, 5.41) is 18.0. The first-order valence-corrected chi connectivity index (χ1v) is 11.7. The first-order valence-electron chi connectivity index (χ1n) is 10.5. The van der Waals surface area contributed by atoms with Gasteiger partial charge in [0.15, 0.2) is 23.0 Å². The van der Waals surface area contributed by atoms with Crippen molar-refractivity contribution in [2.24, 2.45) is 0 Å². The first kappa shape index (κ1) is 22.6. The number of anilines is 1. The van der Waals surface area contributed by atoms with E-state index < -0.39 is 10.8 Å². The predicted molar refractivity (Wildman–Crippen MR) is 129 cm³/mol. The molecule has 0 aliphatic rings. The largest absolute Gasteiger partial charge is 0.503 e. The molecule has 0 aliphatic carbocycles. The molecule has 4 aromatic rings. The molecule has 4 N–H and O–H groups in total. The van der Waals surface area contributed by atoms with Gasteiger partial charge in [-0.25, -0.2) is 9.97 Å². The molecule has 2 heterocycles.